The van der Waals surface area contributed by atoms with Gasteiger partial charge >= 0.3 is 6.18 Å². The van der Waals surface area contributed by atoms with E-state index in [1.54, 1.807) is 11.0 Å². The summed E-state index contributed by atoms with van der Waals surface area (Å²) in [6, 6.07) is 1.65. The van der Waals surface area contributed by atoms with Crippen molar-refractivity contribution in [3.8, 4) is 0 Å². The van der Waals surface area contributed by atoms with Crippen LogP contribution in [0, 0.1) is 11.6 Å². The van der Waals surface area contributed by atoms with Gasteiger partial charge in [0.1, 0.15) is 0 Å². The Labute approximate surface area is 181 Å². The highest BCUT2D eigenvalue weighted by atomic mass is 19.4. The SMILES string of the molecule is CC(=O)N1CCC=C(C(=NN)C(=O)N2CCC(c3ccc(F)c(F)c3C(F)(F)F)CC2)C1. The third-order valence-electron chi connectivity index (χ3n) is 5.86. The molecular weight excluding hydrogens is 435 g/mol. The molecule has 3 rings (SSSR count). The topological polar surface area (TPSA) is 79.0 Å². The number of rotatable bonds is 3. The molecule has 2 amide bonds. The van der Waals surface area contributed by atoms with E-state index in [9.17, 15) is 31.5 Å². The van der Waals surface area contributed by atoms with E-state index in [1.807, 2.05) is 0 Å². The second kappa shape index (κ2) is 9.25. The normalized spacial score (nSPS) is 18.6. The van der Waals surface area contributed by atoms with Crippen LogP contribution in [0.25, 0.3) is 0 Å². The van der Waals surface area contributed by atoms with Crippen LogP contribution in [0.4, 0.5) is 22.0 Å². The highest BCUT2D eigenvalue weighted by molar-refractivity contribution is 6.45. The number of piperidine rings is 1. The van der Waals surface area contributed by atoms with Gasteiger partial charge in [-0.15, -0.1) is 0 Å². The number of halogens is 5. The van der Waals surface area contributed by atoms with Crippen molar-refractivity contribution in [3.05, 3.63) is 46.5 Å². The zero-order valence-electron chi connectivity index (χ0n) is 17.4. The van der Waals surface area contributed by atoms with Gasteiger partial charge in [-0.3, -0.25) is 9.59 Å². The molecule has 174 valence electrons. The Morgan fingerprint density at radius 2 is 1.75 bits per heavy atom. The molecule has 0 saturated carbocycles. The molecular formula is C21H23F5N4O2. The molecule has 0 atom stereocenters. The van der Waals surface area contributed by atoms with Crippen LogP contribution in [0.5, 0.6) is 0 Å². The van der Waals surface area contributed by atoms with Gasteiger partial charge in [0.2, 0.25) is 5.91 Å². The lowest BCUT2D eigenvalue weighted by atomic mass is 9.85. The smallest absolute Gasteiger partial charge is 0.338 e. The minimum absolute atomic E-state index is 0.00166. The molecule has 6 nitrogen and oxygen atoms in total. The number of nitrogens with zero attached hydrogens (tertiary/aromatic N) is 3. The molecule has 1 saturated heterocycles. The molecule has 0 bridgehead atoms. The third-order valence-corrected chi connectivity index (χ3v) is 5.86. The minimum Gasteiger partial charge on any atom is -0.338 e. The molecule has 2 aliphatic rings. The molecule has 0 aromatic heterocycles. The summed E-state index contributed by atoms with van der Waals surface area (Å²) in [5.41, 5.74) is -1.40. The molecule has 0 unspecified atom stereocenters. The lowest BCUT2D eigenvalue weighted by molar-refractivity contribution is -0.141. The highest BCUT2D eigenvalue weighted by Crippen LogP contribution is 2.41. The maximum absolute atomic E-state index is 13.9. The Morgan fingerprint density at radius 3 is 2.31 bits per heavy atom. The van der Waals surface area contributed by atoms with E-state index in [-0.39, 0.29) is 49.7 Å². The van der Waals surface area contributed by atoms with Gasteiger partial charge < -0.3 is 15.6 Å². The first kappa shape index (κ1) is 23.7. The van der Waals surface area contributed by atoms with Crippen LogP contribution >= 0.6 is 0 Å². The molecule has 2 N–H and O–H groups in total. The average molecular weight is 458 g/mol. The summed E-state index contributed by atoms with van der Waals surface area (Å²) in [7, 11) is 0. The lowest BCUT2D eigenvalue weighted by Crippen LogP contribution is -2.45. The van der Waals surface area contributed by atoms with Gasteiger partial charge in [0.15, 0.2) is 17.3 Å². The Hall–Kier alpha value is -2.98. The Kier molecular flexibility index (Phi) is 6.85. The fourth-order valence-corrected chi connectivity index (χ4v) is 4.20. The molecule has 0 radical (unpaired) electrons. The number of alkyl halides is 3. The first-order valence-corrected chi connectivity index (χ1v) is 10.1. The first-order chi connectivity index (χ1) is 15.0. The number of hydrogen-bond donors (Lipinski definition) is 1. The van der Waals surface area contributed by atoms with Gasteiger partial charge in [-0.05, 0) is 36.8 Å². The van der Waals surface area contributed by atoms with Gasteiger partial charge in [-0.1, -0.05) is 12.1 Å². The highest BCUT2D eigenvalue weighted by Gasteiger charge is 2.41. The van der Waals surface area contributed by atoms with E-state index in [0.29, 0.717) is 24.6 Å². The zero-order chi connectivity index (χ0) is 23.6. The summed E-state index contributed by atoms with van der Waals surface area (Å²) in [6.07, 6.45) is -2.44. The molecule has 11 heteroatoms. The number of benzene rings is 1. The van der Waals surface area contributed by atoms with Crippen LogP contribution in [0.2, 0.25) is 0 Å². The van der Waals surface area contributed by atoms with E-state index < -0.39 is 35.2 Å². The Balaban J connectivity index is 1.74. The second-order valence-electron chi connectivity index (χ2n) is 7.83. The average Bonchev–Trinajstić information content (AvgIpc) is 2.75. The van der Waals surface area contributed by atoms with Crippen LogP contribution in [0.3, 0.4) is 0 Å². The van der Waals surface area contributed by atoms with Crippen molar-refractivity contribution in [2.24, 2.45) is 10.9 Å². The number of likely N-dealkylation sites (tertiary alicyclic amines) is 1. The number of nitrogens with two attached hydrogens (primary N) is 1. The lowest BCUT2D eigenvalue weighted by Gasteiger charge is -2.34. The van der Waals surface area contributed by atoms with Crippen LogP contribution in [0.1, 0.15) is 43.2 Å². The monoisotopic (exact) mass is 458 g/mol. The van der Waals surface area contributed by atoms with Crippen LogP contribution in [0.15, 0.2) is 28.9 Å². The Morgan fingerprint density at radius 1 is 1.09 bits per heavy atom. The van der Waals surface area contributed by atoms with Crippen molar-refractivity contribution in [3.63, 3.8) is 0 Å². The van der Waals surface area contributed by atoms with E-state index in [1.165, 1.54) is 11.8 Å². The Bertz CT molecular complexity index is 966. The van der Waals surface area contributed by atoms with Gasteiger partial charge in [-0.2, -0.15) is 18.3 Å². The maximum Gasteiger partial charge on any atom is 0.419 e. The number of hydrogen-bond acceptors (Lipinski definition) is 4. The standard InChI is InChI=1S/C21H23F5N4O2/c1-12(31)30-8-2-3-14(11-30)19(28-27)20(32)29-9-6-13(7-10-29)15-4-5-16(22)18(23)17(15)21(24,25)26/h3-5,13H,2,6-11,27H2,1H3. The van der Waals surface area contributed by atoms with Crippen LogP contribution in [-0.2, 0) is 15.8 Å². The number of carbonyl (C=O) groups is 2. The molecule has 0 spiro atoms. The molecule has 1 aromatic rings. The van der Waals surface area contributed by atoms with Gasteiger partial charge in [0.25, 0.3) is 5.91 Å². The fraction of sp³-hybridized carbons (Fsp3) is 0.476. The predicted molar refractivity (Wildman–Crippen MR) is 106 cm³/mol. The van der Waals surface area contributed by atoms with Crippen molar-refractivity contribution in [1.29, 1.82) is 0 Å². The summed E-state index contributed by atoms with van der Waals surface area (Å²) < 4.78 is 67.4. The quantitative estimate of drug-likeness (QED) is 0.327. The largest absolute Gasteiger partial charge is 0.419 e. The summed E-state index contributed by atoms with van der Waals surface area (Å²) in [6.45, 7) is 2.33. The molecule has 2 aliphatic heterocycles. The van der Waals surface area contributed by atoms with Crippen molar-refractivity contribution in [2.75, 3.05) is 26.2 Å². The molecule has 2 heterocycles. The van der Waals surface area contributed by atoms with E-state index in [0.717, 1.165) is 6.07 Å². The van der Waals surface area contributed by atoms with E-state index >= 15 is 0 Å². The number of hydrazone groups is 1. The second-order valence-corrected chi connectivity index (χ2v) is 7.83. The molecule has 0 aliphatic carbocycles. The molecule has 1 aromatic carbocycles. The summed E-state index contributed by atoms with van der Waals surface area (Å²) in [4.78, 5) is 27.6. The summed E-state index contributed by atoms with van der Waals surface area (Å²) in [5.74, 6) is 0.657. The number of amides is 2. The van der Waals surface area contributed by atoms with Crippen LogP contribution in [-0.4, -0.2) is 53.5 Å². The maximum atomic E-state index is 13.9. The third kappa shape index (κ3) is 4.76. The zero-order valence-corrected chi connectivity index (χ0v) is 17.4. The predicted octanol–water partition coefficient (Wildman–Crippen LogP) is 3.18. The summed E-state index contributed by atoms with van der Waals surface area (Å²) >= 11 is 0. The summed E-state index contributed by atoms with van der Waals surface area (Å²) in [5, 5.41) is 3.60. The van der Waals surface area contributed by atoms with Crippen molar-refractivity contribution < 1.29 is 31.5 Å². The number of carbonyl (C=O) groups excluding carboxylic acids is 2. The fourth-order valence-electron chi connectivity index (χ4n) is 4.20. The van der Waals surface area contributed by atoms with E-state index in [2.05, 4.69) is 5.10 Å². The van der Waals surface area contributed by atoms with Gasteiger partial charge in [-0.25, -0.2) is 8.78 Å². The van der Waals surface area contributed by atoms with E-state index in [4.69, 9.17) is 5.84 Å². The van der Waals surface area contributed by atoms with Crippen molar-refractivity contribution in [1.82, 2.24) is 9.80 Å². The molecule has 32 heavy (non-hydrogen) atoms. The first-order valence-electron chi connectivity index (χ1n) is 10.1. The molecule has 1 fully saturated rings. The van der Waals surface area contributed by atoms with Crippen molar-refractivity contribution in [2.45, 2.75) is 38.3 Å². The minimum atomic E-state index is -5.04. The van der Waals surface area contributed by atoms with Crippen molar-refractivity contribution >= 4 is 17.5 Å². The van der Waals surface area contributed by atoms with Gasteiger partial charge in [0.05, 0.1) is 5.56 Å². The van der Waals surface area contributed by atoms with Crippen LogP contribution < -0.4 is 5.84 Å². The van der Waals surface area contributed by atoms with Gasteiger partial charge in [0, 0.05) is 38.7 Å².